The number of hydrogen-bond donors (Lipinski definition) is 2. The van der Waals surface area contributed by atoms with E-state index in [1.54, 1.807) is 36.6 Å². The van der Waals surface area contributed by atoms with Crippen molar-refractivity contribution in [2.45, 2.75) is 42.8 Å². The number of nitrogens with one attached hydrogen (secondary N) is 2. The third kappa shape index (κ3) is 7.29. The van der Waals surface area contributed by atoms with Crippen LogP contribution in [-0.4, -0.2) is 39.5 Å². The highest BCUT2D eigenvalue weighted by Crippen LogP contribution is 2.46. The lowest BCUT2D eigenvalue weighted by molar-refractivity contribution is -0.119. The van der Waals surface area contributed by atoms with Gasteiger partial charge < -0.3 is 24.6 Å². The number of imidazole rings is 1. The van der Waals surface area contributed by atoms with Gasteiger partial charge >= 0.3 is 0 Å². The Labute approximate surface area is 235 Å². The van der Waals surface area contributed by atoms with Crippen molar-refractivity contribution in [3.8, 4) is 17.2 Å². The number of benzene rings is 2. The topological polar surface area (TPSA) is 116 Å². The number of aromatic amines is 1. The van der Waals surface area contributed by atoms with Gasteiger partial charge in [-0.15, -0.1) is 0 Å². The van der Waals surface area contributed by atoms with Gasteiger partial charge in [-0.25, -0.2) is 9.37 Å². The Morgan fingerprint density at radius 3 is 2.73 bits per heavy atom. The number of carbonyl (C=O) groups is 1. The number of carbonyl (C=O) groups excluding carboxylic acids is 1. The molecule has 0 saturated heterocycles. The van der Waals surface area contributed by atoms with Gasteiger partial charge in [0.2, 0.25) is 0 Å². The highest BCUT2D eigenvalue weighted by molar-refractivity contribution is 7.99. The minimum absolute atomic E-state index is 0.122. The van der Waals surface area contributed by atoms with E-state index in [2.05, 4.69) is 51.8 Å². The fraction of sp³-hybridized carbons (Fsp3) is 0.214. The van der Waals surface area contributed by atoms with Crippen molar-refractivity contribution in [3.63, 3.8) is 0 Å². The molecule has 0 radical (unpaired) electrons. The summed E-state index contributed by atoms with van der Waals surface area (Å²) in [5, 5.41) is 10.4. The maximum absolute atomic E-state index is 12.9. The first-order valence-corrected chi connectivity index (χ1v) is 13.1. The normalized spacial score (nSPS) is 10.7. The van der Waals surface area contributed by atoms with Crippen molar-refractivity contribution in [3.05, 3.63) is 90.0 Å². The second-order valence-electron chi connectivity index (χ2n) is 8.54. The van der Waals surface area contributed by atoms with Crippen LogP contribution in [0.3, 0.4) is 0 Å². The largest absolute Gasteiger partial charge is 0.495 e. The summed E-state index contributed by atoms with van der Waals surface area (Å²) in [5.41, 5.74) is 2.68. The molecule has 2 N–H and O–H groups in total. The summed E-state index contributed by atoms with van der Waals surface area (Å²) in [7, 11) is 1.58. The molecule has 0 unspecified atom stereocenters. The van der Waals surface area contributed by atoms with Crippen molar-refractivity contribution in [2.75, 3.05) is 7.11 Å². The quantitative estimate of drug-likeness (QED) is 0.125. The number of hydrogen-bond acceptors (Lipinski definition) is 8. The van der Waals surface area contributed by atoms with E-state index < -0.39 is 11.7 Å². The molecule has 208 valence electrons. The molecule has 0 aliphatic rings. The van der Waals surface area contributed by atoms with Gasteiger partial charge in [-0.2, -0.15) is 5.10 Å². The molecule has 0 spiro atoms. The van der Waals surface area contributed by atoms with Gasteiger partial charge in [-0.1, -0.05) is 36.5 Å². The van der Waals surface area contributed by atoms with Crippen LogP contribution >= 0.6 is 11.8 Å². The minimum Gasteiger partial charge on any atom is -0.495 e. The maximum Gasteiger partial charge on any atom is 0.279 e. The van der Waals surface area contributed by atoms with Crippen LogP contribution in [0.5, 0.6) is 17.2 Å². The number of oxime groups is 1. The van der Waals surface area contributed by atoms with E-state index in [1.807, 2.05) is 24.3 Å². The summed E-state index contributed by atoms with van der Waals surface area (Å²) in [6.07, 6.45) is 7.63. The van der Waals surface area contributed by atoms with Crippen molar-refractivity contribution in [1.29, 1.82) is 0 Å². The second-order valence-corrected chi connectivity index (χ2v) is 9.59. The van der Waals surface area contributed by atoms with E-state index in [0.717, 1.165) is 22.4 Å². The molecule has 1 amide bonds. The molecular weight excluding hydrogens is 535 g/mol. The molecule has 2 aromatic carbocycles. The van der Waals surface area contributed by atoms with Crippen LogP contribution in [0.1, 0.15) is 29.4 Å². The lowest BCUT2D eigenvalue weighted by Crippen LogP contribution is -2.22. The predicted octanol–water partition coefficient (Wildman–Crippen LogP) is 5.05. The van der Waals surface area contributed by atoms with Crippen LogP contribution in [0, 0.1) is 0 Å². The molecule has 4 aromatic rings. The number of aryl methyl sites for hydroxylation is 1. The van der Waals surface area contributed by atoms with E-state index in [0.29, 0.717) is 40.1 Å². The molecule has 0 aliphatic carbocycles. The Kier molecular flexibility index (Phi) is 9.57. The molecule has 40 heavy (non-hydrogen) atoms. The molecule has 0 atom stereocenters. The number of methoxy groups -OCH3 is 1. The third-order valence-electron chi connectivity index (χ3n) is 5.74. The molecule has 0 fully saturated rings. The first-order valence-electron chi connectivity index (χ1n) is 12.3. The monoisotopic (exact) mass is 564 g/mol. The Bertz CT molecular complexity index is 1490. The van der Waals surface area contributed by atoms with E-state index in [-0.39, 0.29) is 13.2 Å². The second kappa shape index (κ2) is 13.5. The average molecular weight is 565 g/mol. The highest BCUT2D eigenvalue weighted by atomic mass is 32.2. The zero-order chi connectivity index (χ0) is 28.5. The molecule has 0 aliphatic heterocycles. The third-order valence-corrected chi connectivity index (χ3v) is 6.89. The predicted molar refractivity (Wildman–Crippen MR) is 149 cm³/mol. The lowest BCUT2D eigenvalue weighted by atomic mass is 10.2. The van der Waals surface area contributed by atoms with Gasteiger partial charge in [0.1, 0.15) is 23.9 Å². The van der Waals surface area contributed by atoms with Crippen molar-refractivity contribution < 1.29 is 23.5 Å². The number of rotatable bonds is 14. The molecule has 10 nitrogen and oxygen atoms in total. The number of aromatic nitrogens is 4. The summed E-state index contributed by atoms with van der Waals surface area (Å²) in [5.74, 6) is 0.529. The van der Waals surface area contributed by atoms with Gasteiger partial charge in [-0.3, -0.25) is 9.48 Å². The van der Waals surface area contributed by atoms with Crippen LogP contribution < -0.4 is 19.6 Å². The van der Waals surface area contributed by atoms with Crippen LogP contribution in [0.25, 0.3) is 0 Å². The summed E-state index contributed by atoms with van der Waals surface area (Å²) < 4.78 is 26.4. The SMILES string of the molecule is C=NOc1cc(Cn2cc(CNC(=O)C(=C)F)cn2)cc(OC)c1Sc1cc(CC)ccc1OCc1ncc[nH]1. The van der Waals surface area contributed by atoms with Gasteiger partial charge in [0.15, 0.2) is 11.6 Å². The van der Waals surface area contributed by atoms with Crippen molar-refractivity contribution in [1.82, 2.24) is 25.1 Å². The molecule has 0 saturated carbocycles. The number of halogens is 1. The fourth-order valence-electron chi connectivity index (χ4n) is 3.77. The zero-order valence-corrected chi connectivity index (χ0v) is 23.0. The lowest BCUT2D eigenvalue weighted by Gasteiger charge is -2.17. The van der Waals surface area contributed by atoms with E-state index in [1.165, 1.54) is 11.8 Å². The van der Waals surface area contributed by atoms with Crippen LogP contribution in [0.4, 0.5) is 4.39 Å². The van der Waals surface area contributed by atoms with Crippen LogP contribution in [-0.2, 0) is 30.9 Å². The number of amides is 1. The van der Waals surface area contributed by atoms with Crippen molar-refractivity contribution >= 4 is 24.4 Å². The Balaban J connectivity index is 1.58. The van der Waals surface area contributed by atoms with Gasteiger partial charge in [-0.05, 0) is 41.8 Å². The van der Waals surface area contributed by atoms with E-state index in [4.69, 9.17) is 14.3 Å². The molecule has 12 heteroatoms. The summed E-state index contributed by atoms with van der Waals surface area (Å²) in [6.45, 7) is 9.35. The number of ether oxygens (including phenoxy) is 2. The molecular formula is C28H29FN6O4S. The van der Waals surface area contributed by atoms with Gasteiger partial charge in [0.05, 0.1) is 29.6 Å². The maximum atomic E-state index is 12.9. The fourth-order valence-corrected chi connectivity index (χ4v) is 4.86. The number of nitrogens with zero attached hydrogens (tertiary/aromatic N) is 4. The molecule has 0 bridgehead atoms. The molecule has 4 rings (SSSR count). The van der Waals surface area contributed by atoms with Gasteiger partial charge in [0, 0.05) is 37.4 Å². The summed E-state index contributed by atoms with van der Waals surface area (Å²) in [6, 6.07) is 9.77. The van der Waals surface area contributed by atoms with Gasteiger partial charge in [0.25, 0.3) is 5.91 Å². The van der Waals surface area contributed by atoms with Crippen molar-refractivity contribution in [2.24, 2.45) is 5.16 Å². The summed E-state index contributed by atoms with van der Waals surface area (Å²) in [4.78, 5) is 25.8. The van der Waals surface area contributed by atoms with E-state index in [9.17, 15) is 9.18 Å². The van der Waals surface area contributed by atoms with E-state index >= 15 is 0 Å². The smallest absolute Gasteiger partial charge is 0.279 e. The Morgan fingerprint density at radius 2 is 2.02 bits per heavy atom. The molecule has 2 heterocycles. The Hall–Kier alpha value is -4.58. The zero-order valence-electron chi connectivity index (χ0n) is 22.1. The Morgan fingerprint density at radius 1 is 1.20 bits per heavy atom. The number of H-pyrrole nitrogens is 1. The van der Waals surface area contributed by atoms with Crippen LogP contribution in [0.15, 0.2) is 82.5 Å². The first kappa shape index (κ1) is 28.4. The minimum atomic E-state index is -1.04. The first-order chi connectivity index (χ1) is 19.4. The standard InChI is InChI=1S/C28H29FN6O4S/c1-5-19-6-7-22(38-17-26-31-8-9-32-26)25(12-19)40-27-23(37-4)10-20(11-24(27)39-30-3)15-35-16-21(14-34-35)13-33-28(36)18(2)29/h6-12,14,16H,2-3,5,13,15,17H2,1,4H3,(H,31,32)(H,33,36). The highest BCUT2D eigenvalue weighted by Gasteiger charge is 2.19. The molecule has 2 aromatic heterocycles. The van der Waals surface area contributed by atoms with Crippen LogP contribution in [0.2, 0.25) is 0 Å². The average Bonchev–Trinajstić information content (AvgIpc) is 3.64. The summed E-state index contributed by atoms with van der Waals surface area (Å²) >= 11 is 1.44.